The molecule has 0 spiro atoms. The molecule has 2 aliphatic heterocycles. The van der Waals surface area contributed by atoms with Crippen molar-refractivity contribution in [3.8, 4) is 0 Å². The number of ether oxygens (including phenoxy) is 2. The Morgan fingerprint density at radius 3 is 1.83 bits per heavy atom. The van der Waals surface area contributed by atoms with E-state index < -0.39 is 12.1 Å². The second kappa shape index (κ2) is 23.7. The number of aliphatic hydroxyl groups excluding tert-OH is 2. The minimum absolute atomic E-state index is 0.00148. The van der Waals surface area contributed by atoms with Crippen molar-refractivity contribution in [3.05, 3.63) is 122 Å². The Morgan fingerprint density at radius 2 is 1.31 bits per heavy atom. The van der Waals surface area contributed by atoms with Crippen LogP contribution in [0.3, 0.4) is 0 Å². The number of aromatic nitrogens is 2. The van der Waals surface area contributed by atoms with E-state index in [4.69, 9.17) is 30.6 Å². The second-order valence-electron chi connectivity index (χ2n) is 13.8. The van der Waals surface area contributed by atoms with Crippen molar-refractivity contribution < 1.29 is 34.1 Å². The van der Waals surface area contributed by atoms with Gasteiger partial charge in [0.05, 0.1) is 61.0 Å². The number of nitrogens with zero attached hydrogens (tertiary/aromatic N) is 5. The van der Waals surface area contributed by atoms with E-state index in [0.717, 1.165) is 48.4 Å². The number of methoxy groups -OCH3 is 2. The molecule has 4 atom stereocenters. The van der Waals surface area contributed by atoms with Gasteiger partial charge in [-0.05, 0) is 99.7 Å². The van der Waals surface area contributed by atoms with Crippen LogP contribution in [0.1, 0.15) is 80.5 Å². The van der Waals surface area contributed by atoms with Crippen LogP contribution in [-0.4, -0.2) is 100 Å². The lowest BCUT2D eigenvalue weighted by atomic mass is 9.97. The lowest BCUT2D eigenvalue weighted by molar-refractivity contribution is -0.141. The fourth-order valence-electron chi connectivity index (χ4n) is 6.01. The Balaban J connectivity index is 0.000000236. The second-order valence-corrected chi connectivity index (χ2v) is 15.7. The fourth-order valence-corrected chi connectivity index (χ4v) is 6.74. The molecule has 0 bridgehead atoms. The number of esters is 2. The highest BCUT2D eigenvalue weighted by Crippen LogP contribution is 2.31. The maximum absolute atomic E-state index is 12.6. The smallest absolute Gasteiger partial charge is 0.305 e. The number of aliphatic imine (C=N–C) groups is 3. The first-order chi connectivity index (χ1) is 28.3. The minimum atomic E-state index is -0.581. The molecule has 59 heavy (non-hydrogen) atoms. The molecule has 4 aromatic rings. The molecule has 312 valence electrons. The predicted octanol–water partition coefficient (Wildman–Crippen LogP) is 6.70. The van der Waals surface area contributed by atoms with Gasteiger partial charge in [-0.15, -0.1) is 0 Å². The Labute approximate surface area is 361 Å². The van der Waals surface area contributed by atoms with E-state index in [9.17, 15) is 19.5 Å². The van der Waals surface area contributed by atoms with Gasteiger partial charge in [0.1, 0.15) is 6.04 Å². The van der Waals surface area contributed by atoms with Gasteiger partial charge in [-0.3, -0.25) is 39.3 Å². The molecule has 6 rings (SSSR count). The highest BCUT2D eigenvalue weighted by molar-refractivity contribution is 9.10. The number of Topliss-reactive ketones (excluding diaryl/α,β-unsaturated/α-hetero) is 1. The number of pyridine rings is 2. The summed E-state index contributed by atoms with van der Waals surface area (Å²) in [6.07, 6.45) is 5.33. The molecule has 0 saturated heterocycles. The largest absolute Gasteiger partial charge is 0.469 e. The molecule has 0 saturated carbocycles. The van der Waals surface area contributed by atoms with Crippen LogP contribution in [0.4, 0.5) is 5.69 Å². The number of rotatable bonds is 12. The van der Waals surface area contributed by atoms with E-state index in [0.29, 0.717) is 43.6 Å². The SMILES string of the molecule is CC(O)CN.COC(=O)CC[C@@H]1N=C(c2ccccn2)c2cc(Br)ccc2CC1=O.COC(=O)CC[C@@H]1N=C(c2ccccn2)c2cc(Br)ccc2N=C1CCC(C)O. The third-order valence-electron chi connectivity index (χ3n) is 9.17. The molecule has 0 fully saturated rings. The Hall–Kier alpha value is -4.80. The number of fused-ring (bicyclic) bond motifs is 2. The molecule has 4 N–H and O–H groups in total. The van der Waals surface area contributed by atoms with Crippen LogP contribution in [0.2, 0.25) is 0 Å². The average Bonchev–Trinajstić information content (AvgIpc) is 3.48. The van der Waals surface area contributed by atoms with Gasteiger partial charge in [0.15, 0.2) is 5.78 Å². The Bertz CT molecular complexity index is 2130. The van der Waals surface area contributed by atoms with Gasteiger partial charge < -0.3 is 25.4 Å². The molecule has 2 aromatic heterocycles. The fraction of sp³-hybridized carbons (Fsp3) is 0.364. The number of nitrogens with two attached hydrogens (primary N) is 1. The van der Waals surface area contributed by atoms with Crippen LogP contribution in [0, 0.1) is 0 Å². The van der Waals surface area contributed by atoms with Crippen molar-refractivity contribution in [2.45, 2.75) is 83.1 Å². The average molecular weight is 935 g/mol. The Morgan fingerprint density at radius 1 is 0.780 bits per heavy atom. The van der Waals surface area contributed by atoms with E-state index in [1.807, 2.05) is 72.8 Å². The number of carbonyl (C=O) groups is 3. The third kappa shape index (κ3) is 14.5. The van der Waals surface area contributed by atoms with E-state index in [1.54, 1.807) is 26.2 Å². The van der Waals surface area contributed by atoms with Crippen LogP contribution in [0.25, 0.3) is 0 Å². The standard InChI is InChI=1S/C22H24BrN3O3.C19H17BrN2O3.C3H9NO/c1-14(27)6-8-18-19(10-11-21(28)29-2)26-22(20-5-3-4-12-24-20)16-13-15(23)7-9-17(16)25-18;1-25-18(24)8-7-15-17(23)10-12-5-6-13(20)11-14(12)19(22-15)16-4-2-3-9-21-16;1-3(5)2-4/h3-5,7,9,12-14,19,27H,6,8,10-11H2,1-2H3;2-6,9,11,15H,7-8,10H2,1H3;3,5H,2,4H2,1H3/t14?,19-;15-;/m00./s1. The topological polar surface area (TPSA) is 199 Å². The van der Waals surface area contributed by atoms with Gasteiger partial charge >= 0.3 is 11.9 Å². The van der Waals surface area contributed by atoms with E-state index >= 15 is 0 Å². The van der Waals surface area contributed by atoms with Crippen molar-refractivity contribution in [1.29, 1.82) is 0 Å². The van der Waals surface area contributed by atoms with Gasteiger partial charge in [-0.2, -0.15) is 0 Å². The number of halogens is 2. The van der Waals surface area contributed by atoms with Gasteiger partial charge in [-0.1, -0.05) is 50.1 Å². The van der Waals surface area contributed by atoms with Crippen LogP contribution in [-0.2, 0) is 30.3 Å². The number of ketones is 1. The maximum Gasteiger partial charge on any atom is 0.305 e. The zero-order valence-electron chi connectivity index (χ0n) is 33.6. The van der Waals surface area contributed by atoms with Crippen molar-refractivity contribution in [1.82, 2.24) is 9.97 Å². The molecule has 2 aromatic carbocycles. The lowest BCUT2D eigenvalue weighted by Crippen LogP contribution is -2.23. The number of aliphatic hydroxyl groups is 2. The van der Waals surface area contributed by atoms with E-state index in [-0.39, 0.29) is 49.1 Å². The molecule has 2 unspecified atom stereocenters. The summed E-state index contributed by atoms with van der Waals surface area (Å²) in [6.45, 7) is 3.77. The van der Waals surface area contributed by atoms with E-state index in [1.165, 1.54) is 14.2 Å². The van der Waals surface area contributed by atoms with Crippen LogP contribution < -0.4 is 5.73 Å². The zero-order chi connectivity index (χ0) is 42.9. The molecule has 15 heteroatoms. The van der Waals surface area contributed by atoms with Crippen LogP contribution >= 0.6 is 31.9 Å². The van der Waals surface area contributed by atoms with Gasteiger partial charge in [0, 0.05) is 64.0 Å². The summed E-state index contributed by atoms with van der Waals surface area (Å²) < 4.78 is 11.3. The summed E-state index contributed by atoms with van der Waals surface area (Å²) in [6, 6.07) is 22.1. The molecule has 0 radical (unpaired) electrons. The van der Waals surface area contributed by atoms with Gasteiger partial charge in [0.2, 0.25) is 0 Å². The molecule has 0 amide bonds. The molecular formula is C44H50Br2N6O7. The van der Waals surface area contributed by atoms with Crippen molar-refractivity contribution in [2.75, 3.05) is 20.8 Å². The molecule has 13 nitrogen and oxygen atoms in total. The number of benzene rings is 2. The maximum atomic E-state index is 12.6. The summed E-state index contributed by atoms with van der Waals surface area (Å²) in [5, 5.41) is 18.0. The zero-order valence-corrected chi connectivity index (χ0v) is 36.7. The number of carbonyl (C=O) groups excluding carboxylic acids is 3. The normalized spacial score (nSPS) is 16.6. The van der Waals surface area contributed by atoms with E-state index in [2.05, 4.69) is 46.6 Å². The number of hydrogen-bond donors (Lipinski definition) is 3. The van der Waals surface area contributed by atoms with Crippen molar-refractivity contribution >= 4 is 72.4 Å². The quantitative estimate of drug-likeness (QED) is 0.129. The van der Waals surface area contributed by atoms with Crippen LogP contribution in [0.15, 0.2) is 109 Å². The van der Waals surface area contributed by atoms with Gasteiger partial charge in [0.25, 0.3) is 0 Å². The first kappa shape index (κ1) is 46.9. The van der Waals surface area contributed by atoms with Crippen molar-refractivity contribution in [3.63, 3.8) is 0 Å². The lowest BCUT2D eigenvalue weighted by Gasteiger charge is -2.16. The highest BCUT2D eigenvalue weighted by Gasteiger charge is 2.28. The first-order valence-electron chi connectivity index (χ1n) is 19.2. The predicted molar refractivity (Wildman–Crippen MR) is 236 cm³/mol. The molecule has 0 aliphatic carbocycles. The summed E-state index contributed by atoms with van der Waals surface area (Å²) in [4.78, 5) is 59.4. The summed E-state index contributed by atoms with van der Waals surface area (Å²) >= 11 is 7.02. The monoisotopic (exact) mass is 932 g/mol. The highest BCUT2D eigenvalue weighted by atomic mass is 79.9. The summed E-state index contributed by atoms with van der Waals surface area (Å²) in [7, 11) is 2.72. The van der Waals surface area contributed by atoms with Gasteiger partial charge in [-0.25, -0.2) is 0 Å². The Kier molecular flexibility index (Phi) is 18.8. The third-order valence-corrected chi connectivity index (χ3v) is 10.2. The molecule has 4 heterocycles. The first-order valence-corrected chi connectivity index (χ1v) is 20.8. The van der Waals surface area contributed by atoms with Crippen LogP contribution in [0.5, 0.6) is 0 Å². The van der Waals surface area contributed by atoms with Crippen molar-refractivity contribution in [2.24, 2.45) is 20.7 Å². The molecular weight excluding hydrogens is 884 g/mol. The minimum Gasteiger partial charge on any atom is -0.469 e. The number of hydrogen-bond acceptors (Lipinski definition) is 13. The summed E-state index contributed by atoms with van der Waals surface area (Å²) in [5.41, 5.74) is 12.1. The molecule has 2 aliphatic rings. The summed E-state index contributed by atoms with van der Waals surface area (Å²) in [5.74, 6) is -0.621.